The molecule has 0 saturated heterocycles. The lowest BCUT2D eigenvalue weighted by molar-refractivity contribution is -0.139. The molecule has 0 fully saturated rings. The maximum Gasteiger partial charge on any atom is 0.416 e. The van der Waals surface area contributed by atoms with Crippen LogP contribution >= 0.6 is 0 Å². The standard InChI is InChI=1S/C28H30F3N5O3Si/c1-37-24-18(16-32)9-10-22-20(24)15-23(35(22)17-38-13-14-40(2,3)4)26-33-27-25(39-12-11-36(27)34-26)19-7-5-6-8-21(19)28(29,30)31/h5-10,15,25H,11-14,17H2,1-4H3. The second kappa shape index (κ2) is 10.7. The van der Waals surface area contributed by atoms with Crippen LogP contribution in [0.25, 0.3) is 22.4 Å². The van der Waals surface area contributed by atoms with Gasteiger partial charge in [0.25, 0.3) is 0 Å². The smallest absolute Gasteiger partial charge is 0.416 e. The van der Waals surface area contributed by atoms with Crippen molar-refractivity contribution in [3.8, 4) is 23.3 Å². The van der Waals surface area contributed by atoms with Gasteiger partial charge in [0, 0.05) is 25.6 Å². The van der Waals surface area contributed by atoms with E-state index < -0.39 is 25.9 Å². The first kappa shape index (κ1) is 27.9. The minimum absolute atomic E-state index is 0.00884. The van der Waals surface area contributed by atoms with Gasteiger partial charge in [-0.1, -0.05) is 37.8 Å². The molecule has 3 heterocycles. The summed E-state index contributed by atoms with van der Waals surface area (Å²) in [5.41, 5.74) is 0.970. The Morgan fingerprint density at radius 2 is 1.95 bits per heavy atom. The Balaban J connectivity index is 1.60. The Morgan fingerprint density at radius 3 is 2.65 bits per heavy atom. The molecule has 1 atom stereocenters. The zero-order chi connectivity index (χ0) is 28.7. The van der Waals surface area contributed by atoms with E-state index in [2.05, 4.69) is 30.8 Å². The van der Waals surface area contributed by atoms with Gasteiger partial charge in [-0.05, 0) is 30.3 Å². The highest BCUT2D eigenvalue weighted by Gasteiger charge is 2.38. The van der Waals surface area contributed by atoms with E-state index in [9.17, 15) is 18.4 Å². The molecule has 0 spiro atoms. The third-order valence-corrected chi connectivity index (χ3v) is 8.58. The summed E-state index contributed by atoms with van der Waals surface area (Å²) in [5, 5.41) is 15.0. The van der Waals surface area contributed by atoms with Crippen LogP contribution in [0.3, 0.4) is 0 Å². The van der Waals surface area contributed by atoms with Crippen molar-refractivity contribution >= 4 is 19.0 Å². The number of hydrogen-bond acceptors (Lipinski definition) is 6. The third kappa shape index (κ3) is 5.37. The third-order valence-electron chi connectivity index (χ3n) is 6.88. The molecule has 8 nitrogen and oxygen atoms in total. The van der Waals surface area contributed by atoms with Gasteiger partial charge in [0.05, 0.1) is 42.6 Å². The molecule has 2 aromatic carbocycles. The maximum atomic E-state index is 13.8. The van der Waals surface area contributed by atoms with Gasteiger partial charge in [-0.25, -0.2) is 9.67 Å². The molecule has 0 aliphatic carbocycles. The minimum atomic E-state index is -4.54. The molecule has 4 aromatic rings. The van der Waals surface area contributed by atoms with Crippen molar-refractivity contribution in [2.75, 3.05) is 20.3 Å². The predicted octanol–water partition coefficient (Wildman–Crippen LogP) is 6.23. The van der Waals surface area contributed by atoms with Crippen LogP contribution in [-0.4, -0.2) is 47.7 Å². The summed E-state index contributed by atoms with van der Waals surface area (Å²) >= 11 is 0. The number of halogens is 3. The summed E-state index contributed by atoms with van der Waals surface area (Å²) in [5.74, 6) is 1.03. The lowest BCUT2D eigenvalue weighted by Gasteiger charge is -2.25. The molecule has 40 heavy (non-hydrogen) atoms. The molecule has 2 aromatic heterocycles. The molecule has 1 unspecified atom stereocenters. The SMILES string of the molecule is COc1c(C#N)ccc2c1cc(-c1nc3n(n1)CCOC3c1ccccc1C(F)(F)F)n2COCC[Si](C)(C)C. The van der Waals surface area contributed by atoms with Crippen molar-refractivity contribution in [1.29, 1.82) is 5.26 Å². The number of rotatable bonds is 8. The van der Waals surface area contributed by atoms with Crippen LogP contribution in [0.15, 0.2) is 42.5 Å². The molecule has 0 bridgehead atoms. The van der Waals surface area contributed by atoms with E-state index in [1.807, 2.05) is 16.7 Å². The monoisotopic (exact) mass is 569 g/mol. The van der Waals surface area contributed by atoms with Crippen molar-refractivity contribution in [2.24, 2.45) is 0 Å². The molecule has 1 aliphatic rings. The molecule has 1 aliphatic heterocycles. The van der Waals surface area contributed by atoms with Gasteiger partial charge in [-0.3, -0.25) is 0 Å². The number of hydrogen-bond donors (Lipinski definition) is 0. The molecule has 210 valence electrons. The van der Waals surface area contributed by atoms with Crippen molar-refractivity contribution in [1.82, 2.24) is 19.3 Å². The van der Waals surface area contributed by atoms with Gasteiger partial charge in [-0.15, -0.1) is 5.10 Å². The molecule has 12 heteroatoms. The number of nitrogens with zero attached hydrogens (tertiary/aromatic N) is 5. The second-order valence-corrected chi connectivity index (χ2v) is 16.5. The van der Waals surface area contributed by atoms with Crippen LogP contribution in [0.4, 0.5) is 13.2 Å². The molecule has 0 saturated carbocycles. The fraction of sp³-hybridized carbons (Fsp3) is 0.393. The lowest BCUT2D eigenvalue weighted by Crippen LogP contribution is -2.25. The van der Waals surface area contributed by atoms with Crippen LogP contribution in [0.1, 0.15) is 28.6 Å². The summed E-state index contributed by atoms with van der Waals surface area (Å²) in [7, 11) is 0.190. The number of methoxy groups -OCH3 is 1. The highest BCUT2D eigenvalue weighted by molar-refractivity contribution is 6.76. The highest BCUT2D eigenvalue weighted by atomic mass is 28.3. The van der Waals surface area contributed by atoms with Crippen LogP contribution < -0.4 is 4.74 Å². The number of alkyl halides is 3. The van der Waals surface area contributed by atoms with Crippen LogP contribution in [0.2, 0.25) is 25.7 Å². The fourth-order valence-corrected chi connectivity index (χ4v) is 5.60. The van der Waals surface area contributed by atoms with E-state index >= 15 is 0 Å². The van der Waals surface area contributed by atoms with Gasteiger partial charge in [0.2, 0.25) is 0 Å². The lowest BCUT2D eigenvalue weighted by atomic mass is 10.0. The van der Waals surface area contributed by atoms with Gasteiger partial charge in [0.15, 0.2) is 11.6 Å². The Bertz CT molecular complexity index is 1580. The average molecular weight is 570 g/mol. The van der Waals surface area contributed by atoms with Crippen molar-refractivity contribution in [3.05, 3.63) is 65.0 Å². The zero-order valence-corrected chi connectivity index (χ0v) is 23.7. The fourth-order valence-electron chi connectivity index (χ4n) is 4.84. The number of fused-ring (bicyclic) bond motifs is 2. The van der Waals surface area contributed by atoms with Gasteiger partial charge >= 0.3 is 6.18 Å². The number of aromatic nitrogens is 4. The summed E-state index contributed by atoms with van der Waals surface area (Å²) < 4.78 is 62.5. The van der Waals surface area contributed by atoms with E-state index in [0.717, 1.165) is 17.6 Å². The average Bonchev–Trinajstić information content (AvgIpc) is 3.51. The largest absolute Gasteiger partial charge is 0.495 e. The number of ether oxygens (including phenoxy) is 3. The second-order valence-electron chi connectivity index (χ2n) is 10.8. The number of benzene rings is 2. The van der Waals surface area contributed by atoms with E-state index in [-0.39, 0.29) is 18.9 Å². The minimum Gasteiger partial charge on any atom is -0.495 e. The topological polar surface area (TPSA) is 87.1 Å². The first-order chi connectivity index (χ1) is 19.0. The highest BCUT2D eigenvalue weighted by Crippen LogP contribution is 2.40. The summed E-state index contributed by atoms with van der Waals surface area (Å²) in [6.45, 7) is 8.15. The molecule has 0 radical (unpaired) electrons. The summed E-state index contributed by atoms with van der Waals surface area (Å²) in [4.78, 5) is 4.71. The Kier molecular flexibility index (Phi) is 7.47. The van der Waals surface area contributed by atoms with Crippen LogP contribution in [0.5, 0.6) is 5.75 Å². The summed E-state index contributed by atoms with van der Waals surface area (Å²) in [6.07, 6.45) is -5.57. The number of nitriles is 1. The first-order valence-corrected chi connectivity index (χ1v) is 16.6. The molecule has 5 rings (SSSR count). The maximum absolute atomic E-state index is 13.8. The molecular formula is C28H30F3N5O3Si. The van der Waals surface area contributed by atoms with Crippen molar-refractivity contribution in [3.63, 3.8) is 0 Å². The van der Waals surface area contributed by atoms with E-state index in [4.69, 9.17) is 19.2 Å². The van der Waals surface area contributed by atoms with E-state index in [1.165, 1.54) is 19.2 Å². The Morgan fingerprint density at radius 1 is 1.18 bits per heavy atom. The molecule has 0 amide bonds. The molecule has 0 N–H and O–H groups in total. The van der Waals surface area contributed by atoms with E-state index in [1.54, 1.807) is 16.8 Å². The normalized spacial score (nSPS) is 15.7. The van der Waals surface area contributed by atoms with Crippen molar-refractivity contribution in [2.45, 2.75) is 51.2 Å². The quantitative estimate of drug-likeness (QED) is 0.185. The Labute approximate surface area is 230 Å². The van der Waals surface area contributed by atoms with Crippen LogP contribution in [-0.2, 0) is 28.9 Å². The predicted molar refractivity (Wildman–Crippen MR) is 146 cm³/mol. The first-order valence-electron chi connectivity index (χ1n) is 12.9. The Hall–Kier alpha value is -3.66. The van der Waals surface area contributed by atoms with E-state index in [0.29, 0.717) is 47.2 Å². The molecular weight excluding hydrogens is 539 g/mol. The zero-order valence-electron chi connectivity index (χ0n) is 22.7. The van der Waals surface area contributed by atoms with Gasteiger partial charge < -0.3 is 18.8 Å². The van der Waals surface area contributed by atoms with Crippen LogP contribution in [0, 0.1) is 11.3 Å². The van der Waals surface area contributed by atoms with Crippen molar-refractivity contribution < 1.29 is 27.4 Å². The van der Waals surface area contributed by atoms with Gasteiger partial charge in [-0.2, -0.15) is 18.4 Å². The van der Waals surface area contributed by atoms with Gasteiger partial charge in [0.1, 0.15) is 24.7 Å². The summed E-state index contributed by atoms with van der Waals surface area (Å²) in [6, 6.07) is 13.8.